The van der Waals surface area contributed by atoms with Crippen LogP contribution in [-0.2, 0) is 6.42 Å². The van der Waals surface area contributed by atoms with Gasteiger partial charge < -0.3 is 0 Å². The van der Waals surface area contributed by atoms with Crippen LogP contribution in [0.5, 0.6) is 0 Å². The Morgan fingerprint density at radius 1 is 0.667 bits per heavy atom. The summed E-state index contributed by atoms with van der Waals surface area (Å²) < 4.78 is 0. The molecule has 33 heavy (non-hydrogen) atoms. The van der Waals surface area contributed by atoms with E-state index in [1.165, 1.54) is 92.5 Å². The molecule has 172 valence electrons. The highest BCUT2D eigenvalue weighted by molar-refractivity contribution is 5.84. The monoisotopic (exact) mass is 436 g/mol. The summed E-state index contributed by atoms with van der Waals surface area (Å²) >= 11 is 0. The van der Waals surface area contributed by atoms with Gasteiger partial charge in [-0.1, -0.05) is 94.2 Å². The summed E-state index contributed by atoms with van der Waals surface area (Å²) in [5.41, 5.74) is 5.17. The van der Waals surface area contributed by atoms with Gasteiger partial charge in [-0.25, -0.2) is 0 Å². The Kier molecular flexibility index (Phi) is 8.65. The Labute approximate surface area is 201 Å². The van der Waals surface area contributed by atoms with E-state index in [-0.39, 0.29) is 0 Å². The average Bonchev–Trinajstić information content (AvgIpc) is 2.87. The molecule has 4 rings (SSSR count). The first-order chi connectivity index (χ1) is 16.2. The predicted molar refractivity (Wildman–Crippen MR) is 144 cm³/mol. The molecule has 0 saturated heterocycles. The topological polar surface area (TPSA) is 0 Å². The summed E-state index contributed by atoms with van der Waals surface area (Å²) in [5.74, 6) is 8.46. The van der Waals surface area contributed by atoms with E-state index < -0.39 is 0 Å². The van der Waals surface area contributed by atoms with Gasteiger partial charge in [0.15, 0.2) is 0 Å². The second kappa shape index (κ2) is 12.1. The van der Waals surface area contributed by atoms with Crippen LogP contribution in [0, 0.1) is 17.8 Å². The highest BCUT2D eigenvalue weighted by Crippen LogP contribution is 2.36. The molecular weight excluding hydrogens is 396 g/mol. The third-order valence-electron chi connectivity index (χ3n) is 7.63. The van der Waals surface area contributed by atoms with E-state index in [0.29, 0.717) is 0 Å². The van der Waals surface area contributed by atoms with Gasteiger partial charge in [0.1, 0.15) is 0 Å². The number of fused-ring (bicyclic) bond motifs is 1. The highest BCUT2D eigenvalue weighted by Gasteiger charge is 2.20. The van der Waals surface area contributed by atoms with E-state index in [1.54, 1.807) is 0 Å². The lowest BCUT2D eigenvalue weighted by Crippen LogP contribution is -2.12. The summed E-state index contributed by atoms with van der Waals surface area (Å²) in [6, 6.07) is 22.6. The third-order valence-corrected chi connectivity index (χ3v) is 7.63. The van der Waals surface area contributed by atoms with Crippen molar-refractivity contribution in [1.82, 2.24) is 0 Å². The molecule has 0 N–H and O–H groups in total. The Bertz CT molecular complexity index is 1070. The summed E-state index contributed by atoms with van der Waals surface area (Å²) in [4.78, 5) is 0. The molecule has 1 aliphatic carbocycles. The van der Waals surface area contributed by atoms with E-state index in [9.17, 15) is 0 Å². The minimum atomic E-state index is 0.747. The summed E-state index contributed by atoms with van der Waals surface area (Å²) in [6.45, 7) is 4.61. The van der Waals surface area contributed by atoms with Gasteiger partial charge in [-0.15, -0.1) is 0 Å². The number of hydrogen-bond donors (Lipinski definition) is 0. The van der Waals surface area contributed by atoms with Gasteiger partial charge in [-0.3, -0.25) is 0 Å². The van der Waals surface area contributed by atoms with Gasteiger partial charge in [0.25, 0.3) is 0 Å². The molecule has 0 radical (unpaired) electrons. The number of benzene rings is 3. The summed E-state index contributed by atoms with van der Waals surface area (Å²) in [5, 5.41) is 2.61. The molecule has 1 aliphatic rings. The molecule has 3 aromatic rings. The first kappa shape index (κ1) is 23.6. The lowest BCUT2D eigenvalue weighted by molar-refractivity contribution is 0.319. The van der Waals surface area contributed by atoms with Gasteiger partial charge in [-0.05, 0) is 96.5 Å². The zero-order valence-corrected chi connectivity index (χ0v) is 20.7. The van der Waals surface area contributed by atoms with Crippen molar-refractivity contribution in [2.45, 2.75) is 90.4 Å². The maximum atomic E-state index is 3.38. The summed E-state index contributed by atoms with van der Waals surface area (Å²) in [7, 11) is 0. The Morgan fingerprint density at radius 2 is 1.33 bits per heavy atom. The van der Waals surface area contributed by atoms with Crippen molar-refractivity contribution in [3.05, 3.63) is 82.9 Å². The Hall–Kier alpha value is -2.52. The van der Waals surface area contributed by atoms with Crippen LogP contribution in [0.4, 0.5) is 0 Å². The van der Waals surface area contributed by atoms with Crippen molar-refractivity contribution in [2.75, 3.05) is 0 Å². The van der Waals surface area contributed by atoms with Crippen LogP contribution in [0.2, 0.25) is 0 Å². The van der Waals surface area contributed by atoms with Crippen molar-refractivity contribution >= 4 is 10.8 Å². The van der Waals surface area contributed by atoms with E-state index in [1.807, 2.05) is 0 Å². The van der Waals surface area contributed by atoms with E-state index >= 15 is 0 Å². The molecular formula is C33H40. The minimum Gasteiger partial charge on any atom is -0.0654 e. The van der Waals surface area contributed by atoms with Gasteiger partial charge in [-0.2, -0.15) is 0 Å². The lowest BCUT2D eigenvalue weighted by Gasteiger charge is -2.28. The molecule has 0 aromatic heterocycles. The molecule has 0 nitrogen and oxygen atoms in total. The first-order valence-electron chi connectivity index (χ1n) is 13.4. The van der Waals surface area contributed by atoms with Crippen molar-refractivity contribution < 1.29 is 0 Å². The third kappa shape index (κ3) is 6.74. The van der Waals surface area contributed by atoms with Crippen molar-refractivity contribution in [1.29, 1.82) is 0 Å². The van der Waals surface area contributed by atoms with E-state index in [2.05, 4.69) is 86.4 Å². The van der Waals surface area contributed by atoms with Gasteiger partial charge in [0, 0.05) is 11.1 Å². The number of unbranched alkanes of at least 4 members (excludes halogenated alkanes) is 4. The molecule has 0 heterocycles. The van der Waals surface area contributed by atoms with Gasteiger partial charge in [0.05, 0.1) is 0 Å². The van der Waals surface area contributed by atoms with Crippen molar-refractivity contribution in [2.24, 2.45) is 5.92 Å². The zero-order chi connectivity index (χ0) is 22.9. The molecule has 1 fully saturated rings. The molecule has 0 atom stereocenters. The molecule has 3 aromatic carbocycles. The quantitative estimate of drug-likeness (QED) is 0.244. The molecule has 0 spiro atoms. The van der Waals surface area contributed by atoms with Gasteiger partial charge in [0.2, 0.25) is 0 Å². The smallest absolute Gasteiger partial charge is 0.0255 e. The highest BCUT2D eigenvalue weighted by atomic mass is 14.3. The minimum absolute atomic E-state index is 0.747. The fraction of sp³-hybridized carbons (Fsp3) is 0.455. The van der Waals surface area contributed by atoms with Crippen LogP contribution < -0.4 is 0 Å². The Balaban J connectivity index is 1.36. The largest absolute Gasteiger partial charge is 0.0654 e. The van der Waals surface area contributed by atoms with E-state index in [4.69, 9.17) is 0 Å². The fourth-order valence-electron chi connectivity index (χ4n) is 5.35. The number of aryl methyl sites for hydroxylation is 1. The van der Waals surface area contributed by atoms with Gasteiger partial charge >= 0.3 is 0 Å². The molecule has 0 unspecified atom stereocenters. The van der Waals surface area contributed by atoms with Crippen molar-refractivity contribution in [3.8, 4) is 11.8 Å². The standard InChI is InChI=1S/C33H40/c1-3-5-6-7-8-9-28-16-22-33-25-29(17-23-32(33)24-28)11-10-27-14-20-31(21-15-27)30-18-12-26(4-2)13-19-30/h14-17,20-26,30H,3-9,12-13,18-19H2,1-2H3. The van der Waals surface area contributed by atoms with Crippen LogP contribution in [0.3, 0.4) is 0 Å². The number of hydrogen-bond acceptors (Lipinski definition) is 0. The average molecular weight is 437 g/mol. The fourth-order valence-corrected chi connectivity index (χ4v) is 5.35. The zero-order valence-electron chi connectivity index (χ0n) is 20.7. The molecule has 0 bridgehead atoms. The normalized spacial score (nSPS) is 18.1. The predicted octanol–water partition coefficient (Wildman–Crippen LogP) is 9.44. The Morgan fingerprint density at radius 3 is 2.09 bits per heavy atom. The molecule has 0 amide bonds. The van der Waals surface area contributed by atoms with Crippen molar-refractivity contribution in [3.63, 3.8) is 0 Å². The second-order valence-corrected chi connectivity index (χ2v) is 10.1. The van der Waals surface area contributed by atoms with Crippen LogP contribution >= 0.6 is 0 Å². The summed E-state index contributed by atoms with van der Waals surface area (Å²) in [6.07, 6.45) is 14.7. The van der Waals surface area contributed by atoms with Crippen LogP contribution in [-0.4, -0.2) is 0 Å². The SMILES string of the molecule is CCCCCCCc1ccc2cc(C#Cc3ccc(C4CCC(CC)CC4)cc3)ccc2c1. The van der Waals surface area contributed by atoms with E-state index in [0.717, 1.165) is 23.0 Å². The molecule has 1 saturated carbocycles. The second-order valence-electron chi connectivity index (χ2n) is 10.1. The lowest BCUT2D eigenvalue weighted by atomic mass is 9.78. The maximum absolute atomic E-state index is 3.38. The van der Waals surface area contributed by atoms with Crippen LogP contribution in [0.25, 0.3) is 10.8 Å². The molecule has 0 heteroatoms. The first-order valence-corrected chi connectivity index (χ1v) is 13.4. The van der Waals surface area contributed by atoms with Crippen LogP contribution in [0.15, 0.2) is 60.7 Å². The van der Waals surface area contributed by atoms with Crippen LogP contribution in [0.1, 0.15) is 106 Å². The molecule has 0 aliphatic heterocycles. The number of rotatable bonds is 8. The maximum Gasteiger partial charge on any atom is 0.0255 e.